The lowest BCUT2D eigenvalue weighted by Crippen LogP contribution is -2.28. The predicted molar refractivity (Wildman–Crippen MR) is 139 cm³/mol. The highest BCUT2D eigenvalue weighted by Gasteiger charge is 2.22. The molecule has 7 heteroatoms. The van der Waals surface area contributed by atoms with Crippen molar-refractivity contribution < 1.29 is 9.21 Å². The Morgan fingerprint density at radius 2 is 1.60 bits per heavy atom. The van der Waals surface area contributed by atoms with Crippen LogP contribution in [0, 0.1) is 0 Å². The molecule has 0 spiro atoms. The highest BCUT2D eigenvalue weighted by atomic mass is 35.5. The largest absolute Gasteiger partial charge is 0.447 e. The lowest BCUT2D eigenvalue weighted by atomic mass is 10.1. The molecule has 180 valence electrons. The fourth-order valence-electron chi connectivity index (χ4n) is 3.90. The molecule has 2 unspecified atom stereocenters. The first-order valence-electron chi connectivity index (χ1n) is 11.4. The molecule has 2 atom stereocenters. The molecule has 5 nitrogen and oxygen atoms in total. The van der Waals surface area contributed by atoms with Gasteiger partial charge in [-0.2, -0.15) is 0 Å². The van der Waals surface area contributed by atoms with E-state index in [2.05, 4.69) is 34.3 Å². The van der Waals surface area contributed by atoms with Crippen molar-refractivity contribution in [2.24, 2.45) is 0 Å². The van der Waals surface area contributed by atoms with Crippen molar-refractivity contribution in [3.05, 3.63) is 123 Å². The third-order valence-electron chi connectivity index (χ3n) is 5.99. The third kappa shape index (κ3) is 6.51. The molecule has 1 aromatic heterocycles. The zero-order chi connectivity index (χ0) is 24.8. The minimum absolute atomic E-state index is 0.0465. The zero-order valence-electron chi connectivity index (χ0n) is 19.6. The first-order chi connectivity index (χ1) is 16.9. The topological polar surface area (TPSA) is 58.4 Å². The molecule has 0 fully saturated rings. The molecule has 1 amide bonds. The molecule has 0 aliphatic rings. The minimum Gasteiger partial charge on any atom is -0.447 e. The molecule has 0 bridgehead atoms. The number of benzene rings is 3. The van der Waals surface area contributed by atoms with Crippen LogP contribution in [-0.2, 0) is 13.1 Å². The molecule has 0 aliphatic carbocycles. The summed E-state index contributed by atoms with van der Waals surface area (Å²) in [6.07, 6.45) is 1.41. The number of rotatable bonds is 9. The second-order valence-corrected chi connectivity index (χ2v) is 9.30. The van der Waals surface area contributed by atoms with Gasteiger partial charge >= 0.3 is 0 Å². The molecule has 3 aromatic carbocycles. The van der Waals surface area contributed by atoms with Gasteiger partial charge < -0.3 is 9.73 Å². The SMILES string of the molecule is CC(NC(=O)c1coc(CN(Cc2ccc(Cl)cc2Cl)C(C)c2ccccc2)n1)c1ccccc1. The Hall–Kier alpha value is -3.12. The van der Waals surface area contributed by atoms with E-state index in [0.29, 0.717) is 29.0 Å². The molecule has 35 heavy (non-hydrogen) atoms. The van der Waals surface area contributed by atoms with Gasteiger partial charge in [0.15, 0.2) is 5.69 Å². The molecule has 4 rings (SSSR count). The van der Waals surface area contributed by atoms with Crippen LogP contribution in [-0.4, -0.2) is 15.8 Å². The van der Waals surface area contributed by atoms with Crippen LogP contribution < -0.4 is 5.32 Å². The van der Waals surface area contributed by atoms with Crippen molar-refractivity contribution >= 4 is 29.1 Å². The maximum atomic E-state index is 12.8. The van der Waals surface area contributed by atoms with Crippen molar-refractivity contribution in [2.45, 2.75) is 39.0 Å². The molecule has 0 radical (unpaired) electrons. The summed E-state index contributed by atoms with van der Waals surface area (Å²) in [5, 5.41) is 4.17. The number of amides is 1. The molecule has 0 saturated carbocycles. The average Bonchev–Trinajstić information content (AvgIpc) is 3.34. The highest BCUT2D eigenvalue weighted by molar-refractivity contribution is 6.35. The van der Waals surface area contributed by atoms with Gasteiger partial charge in [-0.15, -0.1) is 0 Å². The van der Waals surface area contributed by atoms with Crippen molar-refractivity contribution in [1.29, 1.82) is 0 Å². The number of carbonyl (C=O) groups is 1. The Bertz CT molecular complexity index is 1260. The lowest BCUT2D eigenvalue weighted by molar-refractivity contribution is 0.0934. The van der Waals surface area contributed by atoms with Gasteiger partial charge in [0.05, 0.1) is 12.6 Å². The van der Waals surface area contributed by atoms with Gasteiger partial charge in [0, 0.05) is 22.6 Å². The molecule has 0 saturated heterocycles. The van der Waals surface area contributed by atoms with E-state index in [9.17, 15) is 4.79 Å². The van der Waals surface area contributed by atoms with Crippen LogP contribution in [0.25, 0.3) is 0 Å². The second-order valence-electron chi connectivity index (χ2n) is 8.46. The van der Waals surface area contributed by atoms with Gasteiger partial charge in [-0.3, -0.25) is 9.69 Å². The van der Waals surface area contributed by atoms with Gasteiger partial charge in [-0.25, -0.2) is 4.98 Å². The lowest BCUT2D eigenvalue weighted by Gasteiger charge is -2.28. The Labute approximate surface area is 215 Å². The standard InChI is InChI=1S/C28H27Cl2N3O2/c1-19(21-9-5-3-6-10-21)31-28(34)26-18-35-27(32-26)17-33(20(2)22-11-7-4-8-12-22)16-23-13-14-24(29)15-25(23)30/h3-15,18-20H,16-17H2,1-2H3,(H,31,34). The second kappa shape index (κ2) is 11.5. The maximum Gasteiger partial charge on any atom is 0.273 e. The quantitative estimate of drug-likeness (QED) is 0.259. The number of nitrogens with zero attached hydrogens (tertiary/aromatic N) is 2. The summed E-state index contributed by atoms with van der Waals surface area (Å²) in [5.74, 6) is 0.176. The Kier molecular flexibility index (Phi) is 8.24. The van der Waals surface area contributed by atoms with Crippen LogP contribution in [0.1, 0.15) is 59.0 Å². The highest BCUT2D eigenvalue weighted by Crippen LogP contribution is 2.28. The van der Waals surface area contributed by atoms with Crippen LogP contribution in [0.4, 0.5) is 0 Å². The van der Waals surface area contributed by atoms with Crippen molar-refractivity contribution in [3.8, 4) is 0 Å². The van der Waals surface area contributed by atoms with Crippen LogP contribution in [0.3, 0.4) is 0 Å². The molecule has 1 heterocycles. The smallest absolute Gasteiger partial charge is 0.273 e. The zero-order valence-corrected chi connectivity index (χ0v) is 21.1. The van der Waals surface area contributed by atoms with E-state index in [4.69, 9.17) is 27.6 Å². The molecular formula is C28H27Cl2N3O2. The van der Waals surface area contributed by atoms with Gasteiger partial charge in [-0.05, 0) is 42.7 Å². The molecule has 1 N–H and O–H groups in total. The maximum absolute atomic E-state index is 12.8. The predicted octanol–water partition coefficient (Wildman–Crippen LogP) is 7.24. The summed E-state index contributed by atoms with van der Waals surface area (Å²) >= 11 is 12.6. The number of oxazole rings is 1. The summed E-state index contributed by atoms with van der Waals surface area (Å²) in [6.45, 7) is 5.02. The molecular weight excluding hydrogens is 481 g/mol. The van der Waals surface area contributed by atoms with Crippen molar-refractivity contribution in [2.75, 3.05) is 0 Å². The number of carbonyl (C=O) groups excluding carboxylic acids is 1. The van der Waals surface area contributed by atoms with Gasteiger partial charge in [0.2, 0.25) is 5.89 Å². The van der Waals surface area contributed by atoms with E-state index in [1.165, 1.54) is 6.26 Å². The minimum atomic E-state index is -0.278. The van der Waals surface area contributed by atoms with E-state index in [1.54, 1.807) is 6.07 Å². The first kappa shape index (κ1) is 25.0. The van der Waals surface area contributed by atoms with Gasteiger partial charge in [0.1, 0.15) is 6.26 Å². The van der Waals surface area contributed by atoms with E-state index in [1.807, 2.05) is 67.6 Å². The fourth-order valence-corrected chi connectivity index (χ4v) is 4.37. The van der Waals surface area contributed by atoms with Crippen LogP contribution in [0.15, 0.2) is 89.5 Å². The summed E-state index contributed by atoms with van der Waals surface area (Å²) in [4.78, 5) is 19.4. The summed E-state index contributed by atoms with van der Waals surface area (Å²) < 4.78 is 5.71. The van der Waals surface area contributed by atoms with Crippen LogP contribution in [0.2, 0.25) is 10.0 Å². The Balaban J connectivity index is 1.51. The van der Waals surface area contributed by atoms with E-state index in [0.717, 1.165) is 16.7 Å². The number of nitrogens with one attached hydrogen (secondary N) is 1. The number of halogens is 2. The molecule has 4 aromatic rings. The monoisotopic (exact) mass is 507 g/mol. The van der Waals surface area contributed by atoms with Gasteiger partial charge in [0.25, 0.3) is 5.91 Å². The Morgan fingerprint density at radius 3 is 2.26 bits per heavy atom. The average molecular weight is 508 g/mol. The van der Waals surface area contributed by atoms with Crippen molar-refractivity contribution in [3.63, 3.8) is 0 Å². The summed E-state index contributed by atoms with van der Waals surface area (Å²) in [7, 11) is 0. The van der Waals surface area contributed by atoms with Crippen LogP contribution >= 0.6 is 23.2 Å². The third-order valence-corrected chi connectivity index (χ3v) is 6.58. The Morgan fingerprint density at radius 1 is 0.943 bits per heavy atom. The fraction of sp³-hybridized carbons (Fsp3) is 0.214. The first-order valence-corrected chi connectivity index (χ1v) is 12.2. The van der Waals surface area contributed by atoms with E-state index in [-0.39, 0.29) is 23.7 Å². The summed E-state index contributed by atoms with van der Waals surface area (Å²) in [5.41, 5.74) is 3.37. The number of hydrogen-bond acceptors (Lipinski definition) is 4. The van der Waals surface area contributed by atoms with Crippen molar-refractivity contribution in [1.82, 2.24) is 15.2 Å². The van der Waals surface area contributed by atoms with E-state index >= 15 is 0 Å². The van der Waals surface area contributed by atoms with Crippen LogP contribution in [0.5, 0.6) is 0 Å². The van der Waals surface area contributed by atoms with Gasteiger partial charge in [-0.1, -0.05) is 89.9 Å². The van der Waals surface area contributed by atoms with E-state index < -0.39 is 0 Å². The number of hydrogen-bond donors (Lipinski definition) is 1. The number of aromatic nitrogens is 1. The normalized spacial score (nSPS) is 12.9. The molecule has 0 aliphatic heterocycles. The summed E-state index contributed by atoms with van der Waals surface area (Å²) in [6, 6.07) is 25.4.